The molecule has 0 aliphatic heterocycles. The number of hydrogen-bond donors (Lipinski definition) is 1. The minimum absolute atomic E-state index is 0.0481. The van der Waals surface area contributed by atoms with Gasteiger partial charge in [0.25, 0.3) is 0 Å². The van der Waals surface area contributed by atoms with Crippen LogP contribution in [0.2, 0.25) is 0 Å². The molecule has 1 N–H and O–H groups in total. The van der Waals surface area contributed by atoms with Crippen LogP contribution in [0.5, 0.6) is 0 Å². The summed E-state index contributed by atoms with van der Waals surface area (Å²) in [6.45, 7) is 4.66. The number of nitrogens with zero attached hydrogens (tertiary/aromatic N) is 1. The molecule has 0 rings (SSSR count). The Morgan fingerprint density at radius 3 is 1.38 bits per heavy atom. The minimum atomic E-state index is -0.873. The molecule has 0 radical (unpaired) electrons. The molecule has 0 heterocycles. The molecule has 2 atom stereocenters. The molecular formula is C52H96NO7+. The number of carboxylic acids is 1. The number of likely N-dealkylation sites (N-methyl/N-ethyl adjacent to an activating group) is 1. The second-order valence-electron chi connectivity index (χ2n) is 18.1. The van der Waals surface area contributed by atoms with E-state index < -0.39 is 18.1 Å². The van der Waals surface area contributed by atoms with Crippen molar-refractivity contribution >= 4 is 17.9 Å². The van der Waals surface area contributed by atoms with Gasteiger partial charge in [-0.3, -0.25) is 9.59 Å². The Balaban J connectivity index is 4.23. The lowest BCUT2D eigenvalue weighted by atomic mass is 10.0. The quantitative estimate of drug-likeness (QED) is 0.0282. The van der Waals surface area contributed by atoms with Crippen molar-refractivity contribution in [3.8, 4) is 0 Å². The molecule has 60 heavy (non-hydrogen) atoms. The highest BCUT2D eigenvalue weighted by atomic mass is 16.6. The van der Waals surface area contributed by atoms with Gasteiger partial charge in [-0.15, -0.1) is 0 Å². The molecule has 0 saturated carbocycles. The van der Waals surface area contributed by atoms with Crippen LogP contribution in [0.1, 0.15) is 226 Å². The Morgan fingerprint density at radius 2 is 0.933 bits per heavy atom. The summed E-state index contributed by atoms with van der Waals surface area (Å²) in [5.41, 5.74) is 0. The van der Waals surface area contributed by atoms with E-state index in [9.17, 15) is 19.5 Å². The van der Waals surface area contributed by atoms with E-state index >= 15 is 0 Å². The Morgan fingerprint density at radius 1 is 0.517 bits per heavy atom. The number of carboxylic acid groups (broad SMARTS) is 1. The topological polar surface area (TPSA) is 99.1 Å². The van der Waals surface area contributed by atoms with E-state index in [4.69, 9.17) is 14.2 Å². The highest BCUT2D eigenvalue weighted by Gasteiger charge is 2.31. The number of carbonyl (C=O) groups excluding carboxylic acids is 2. The lowest BCUT2D eigenvalue weighted by Gasteiger charge is -2.31. The molecule has 8 heteroatoms. The van der Waals surface area contributed by atoms with Crippen LogP contribution in [0.3, 0.4) is 0 Å². The van der Waals surface area contributed by atoms with Gasteiger partial charge in [0.05, 0.1) is 34.4 Å². The van der Waals surface area contributed by atoms with Crippen molar-refractivity contribution in [2.45, 2.75) is 238 Å². The van der Waals surface area contributed by atoms with Gasteiger partial charge in [0.1, 0.15) is 6.61 Å². The second-order valence-corrected chi connectivity index (χ2v) is 18.1. The molecule has 0 aromatic carbocycles. The summed E-state index contributed by atoms with van der Waals surface area (Å²) in [4.78, 5) is 37.1. The van der Waals surface area contributed by atoms with E-state index in [-0.39, 0.29) is 36.2 Å². The maximum Gasteiger partial charge on any atom is 0.362 e. The van der Waals surface area contributed by atoms with Gasteiger partial charge in [-0.05, 0) is 44.9 Å². The molecule has 2 unspecified atom stereocenters. The zero-order valence-electron chi connectivity index (χ0n) is 39.9. The van der Waals surface area contributed by atoms with E-state index in [1.807, 2.05) is 21.1 Å². The SMILES string of the molecule is CC/C=C/C/C=C/C/C=C/CCCCCCCCCCCCCC(=O)OC(COCCC(C(=O)O)[N+](C)(C)C)COC(=O)CCCCCCCCCCCCCCCCC. The van der Waals surface area contributed by atoms with Gasteiger partial charge in [0.2, 0.25) is 0 Å². The van der Waals surface area contributed by atoms with Crippen molar-refractivity contribution in [1.82, 2.24) is 0 Å². The molecule has 0 amide bonds. The maximum atomic E-state index is 12.8. The highest BCUT2D eigenvalue weighted by Crippen LogP contribution is 2.16. The van der Waals surface area contributed by atoms with E-state index in [0.717, 1.165) is 57.8 Å². The van der Waals surface area contributed by atoms with Crippen LogP contribution in [-0.2, 0) is 28.6 Å². The molecule has 8 nitrogen and oxygen atoms in total. The van der Waals surface area contributed by atoms with Crippen molar-refractivity contribution in [1.29, 1.82) is 0 Å². The number of esters is 2. The zero-order valence-corrected chi connectivity index (χ0v) is 39.9. The third-order valence-electron chi connectivity index (χ3n) is 11.3. The summed E-state index contributed by atoms with van der Waals surface area (Å²) in [7, 11) is 5.54. The summed E-state index contributed by atoms with van der Waals surface area (Å²) >= 11 is 0. The molecule has 0 spiro atoms. The number of quaternary nitrogens is 1. The van der Waals surface area contributed by atoms with Crippen LogP contribution in [0.4, 0.5) is 0 Å². The van der Waals surface area contributed by atoms with Gasteiger partial charge in [-0.1, -0.05) is 198 Å². The monoisotopic (exact) mass is 847 g/mol. The standard InChI is InChI=1S/C52H95NO7/c1-6-8-10-12-14-16-18-20-22-23-24-25-26-27-29-31-33-35-37-39-41-43-51(55)60-48(46-58-45-44-49(52(56)57)53(3,4)5)47-59-50(54)42-40-38-36-34-32-30-28-21-19-17-15-13-11-9-7-2/h8,10,14,16,20,22,48-49H,6-7,9,11-13,15,17-19,21,23-47H2,1-5H3/p+1/b10-8+,16-14+,22-20+. The minimum Gasteiger partial charge on any atom is -0.477 e. The first-order chi connectivity index (χ1) is 29.1. The first kappa shape index (κ1) is 57.5. The molecular weight excluding hydrogens is 751 g/mol. The van der Waals surface area contributed by atoms with Crippen LogP contribution in [0.15, 0.2) is 36.5 Å². The Hall–Kier alpha value is -2.45. The van der Waals surface area contributed by atoms with Crippen LogP contribution in [-0.4, -0.2) is 80.6 Å². The van der Waals surface area contributed by atoms with E-state index in [2.05, 4.69) is 50.3 Å². The number of ether oxygens (including phenoxy) is 3. The van der Waals surface area contributed by atoms with Crippen LogP contribution < -0.4 is 0 Å². The van der Waals surface area contributed by atoms with E-state index in [0.29, 0.717) is 19.3 Å². The maximum absolute atomic E-state index is 12.8. The van der Waals surface area contributed by atoms with E-state index in [1.165, 1.54) is 135 Å². The van der Waals surface area contributed by atoms with Gasteiger partial charge >= 0.3 is 17.9 Å². The Bertz CT molecular complexity index is 1080. The lowest BCUT2D eigenvalue weighted by molar-refractivity contribution is -0.887. The molecule has 0 aliphatic carbocycles. The fourth-order valence-electron chi connectivity index (χ4n) is 7.46. The largest absolute Gasteiger partial charge is 0.477 e. The first-order valence-electron chi connectivity index (χ1n) is 25.0. The van der Waals surface area contributed by atoms with Gasteiger partial charge in [0, 0.05) is 19.3 Å². The van der Waals surface area contributed by atoms with Crippen molar-refractivity contribution < 1.29 is 38.2 Å². The predicted molar refractivity (Wildman–Crippen MR) is 252 cm³/mol. The predicted octanol–water partition coefficient (Wildman–Crippen LogP) is 14.2. The lowest BCUT2D eigenvalue weighted by Crippen LogP contribution is -2.50. The summed E-state index contributed by atoms with van der Waals surface area (Å²) < 4.78 is 17.4. The molecule has 0 aromatic rings. The highest BCUT2D eigenvalue weighted by molar-refractivity contribution is 5.72. The van der Waals surface area contributed by atoms with Crippen molar-refractivity contribution in [3.63, 3.8) is 0 Å². The second kappa shape index (κ2) is 43.2. The fourth-order valence-corrected chi connectivity index (χ4v) is 7.46. The number of rotatable bonds is 45. The normalized spacial score (nSPS) is 13.2. The van der Waals surface area contributed by atoms with Gasteiger partial charge in [-0.25, -0.2) is 4.79 Å². The van der Waals surface area contributed by atoms with Gasteiger partial charge in [0.15, 0.2) is 12.1 Å². The molecule has 350 valence electrons. The van der Waals surface area contributed by atoms with Crippen LogP contribution >= 0.6 is 0 Å². The molecule has 0 aromatic heterocycles. The summed E-state index contributed by atoms with van der Waals surface area (Å²) in [6, 6.07) is -0.613. The van der Waals surface area contributed by atoms with Crippen LogP contribution in [0.25, 0.3) is 0 Å². The van der Waals surface area contributed by atoms with Crippen LogP contribution in [0, 0.1) is 0 Å². The molecule has 0 fully saturated rings. The average Bonchev–Trinajstić information content (AvgIpc) is 3.21. The van der Waals surface area contributed by atoms with Gasteiger partial charge in [-0.2, -0.15) is 0 Å². The van der Waals surface area contributed by atoms with Crippen molar-refractivity contribution in [2.75, 3.05) is 41.0 Å². The third kappa shape index (κ3) is 40.9. The Kier molecular flexibility index (Phi) is 41.4. The number of allylic oxidation sites excluding steroid dienone is 6. The molecule has 0 aliphatic rings. The van der Waals surface area contributed by atoms with Crippen molar-refractivity contribution in [3.05, 3.63) is 36.5 Å². The summed E-state index contributed by atoms with van der Waals surface area (Å²) in [5.74, 6) is -1.46. The fraction of sp³-hybridized carbons (Fsp3) is 0.827. The summed E-state index contributed by atoms with van der Waals surface area (Å²) in [6.07, 6.45) is 50.4. The number of aliphatic carboxylic acids is 1. The number of unbranched alkanes of at least 4 members (excludes halogenated alkanes) is 25. The molecule has 0 bridgehead atoms. The third-order valence-corrected chi connectivity index (χ3v) is 11.3. The summed E-state index contributed by atoms with van der Waals surface area (Å²) in [5, 5.41) is 9.64. The van der Waals surface area contributed by atoms with Crippen molar-refractivity contribution in [2.24, 2.45) is 0 Å². The average molecular weight is 847 g/mol. The molecule has 0 saturated heterocycles. The zero-order chi connectivity index (χ0) is 44.2. The Labute approximate surface area is 370 Å². The number of carbonyl (C=O) groups is 3. The van der Waals surface area contributed by atoms with Gasteiger partial charge < -0.3 is 23.8 Å². The first-order valence-corrected chi connectivity index (χ1v) is 25.0. The number of hydrogen-bond acceptors (Lipinski definition) is 6. The van der Waals surface area contributed by atoms with E-state index in [1.54, 1.807) is 0 Å². The smallest absolute Gasteiger partial charge is 0.362 e.